The first-order valence-electron chi connectivity index (χ1n) is 9.93. The fourth-order valence-corrected chi connectivity index (χ4v) is 4.23. The smallest absolute Gasteiger partial charge is 0.254 e. The summed E-state index contributed by atoms with van der Waals surface area (Å²) in [7, 11) is 1.58. The number of rotatable bonds is 4. The number of amides is 1. The van der Waals surface area contributed by atoms with E-state index >= 15 is 0 Å². The Morgan fingerprint density at radius 3 is 2.60 bits per heavy atom. The lowest BCUT2D eigenvalue weighted by atomic mass is 9.74. The number of anilines is 1. The van der Waals surface area contributed by atoms with Crippen molar-refractivity contribution >= 4 is 17.4 Å². The molecule has 0 aromatic heterocycles. The number of methoxy groups -OCH3 is 1. The van der Waals surface area contributed by atoms with Crippen LogP contribution >= 0.6 is 0 Å². The lowest BCUT2D eigenvalue weighted by Crippen LogP contribution is -2.35. The van der Waals surface area contributed by atoms with E-state index in [0.29, 0.717) is 34.7 Å². The molecule has 0 unspecified atom stereocenters. The minimum atomic E-state index is -0.536. The molecule has 1 amide bonds. The summed E-state index contributed by atoms with van der Waals surface area (Å²) in [5.74, 6) is -0.593. The molecule has 1 aliphatic heterocycles. The van der Waals surface area contributed by atoms with Gasteiger partial charge < -0.3 is 15.4 Å². The second-order valence-electron chi connectivity index (χ2n) is 7.47. The van der Waals surface area contributed by atoms with Crippen LogP contribution in [-0.2, 0) is 9.59 Å². The van der Waals surface area contributed by atoms with Crippen LogP contribution in [0.25, 0.3) is 0 Å². The van der Waals surface area contributed by atoms with Gasteiger partial charge in [0.2, 0.25) is 0 Å². The molecule has 0 saturated carbocycles. The van der Waals surface area contributed by atoms with Crippen LogP contribution in [0, 0.1) is 5.82 Å². The molecule has 5 nitrogen and oxygen atoms in total. The van der Waals surface area contributed by atoms with Gasteiger partial charge in [0.15, 0.2) is 5.78 Å². The Morgan fingerprint density at radius 2 is 1.87 bits per heavy atom. The average molecular weight is 406 g/mol. The number of nitrogens with one attached hydrogen (secondary N) is 2. The molecule has 4 rings (SSSR count). The van der Waals surface area contributed by atoms with Crippen molar-refractivity contribution in [3.63, 3.8) is 0 Å². The number of allylic oxidation sites excluding steroid dienone is 3. The molecule has 1 aliphatic carbocycles. The van der Waals surface area contributed by atoms with Crippen molar-refractivity contribution in [2.45, 2.75) is 32.1 Å². The van der Waals surface area contributed by atoms with E-state index in [1.54, 1.807) is 7.11 Å². The molecule has 6 heteroatoms. The zero-order valence-electron chi connectivity index (χ0n) is 16.9. The summed E-state index contributed by atoms with van der Waals surface area (Å²) >= 11 is 0. The number of hydrogen-bond donors (Lipinski definition) is 2. The molecule has 154 valence electrons. The lowest BCUT2D eigenvalue weighted by molar-refractivity contribution is -0.116. The van der Waals surface area contributed by atoms with Crippen LogP contribution in [0.3, 0.4) is 0 Å². The molecular formula is C24H23FN2O3. The van der Waals surface area contributed by atoms with Crippen LogP contribution in [-0.4, -0.2) is 18.8 Å². The molecule has 1 atom stereocenters. The molecule has 1 heterocycles. The summed E-state index contributed by atoms with van der Waals surface area (Å²) in [6.45, 7) is 1.84. The normalized spacial score (nSPS) is 18.6. The zero-order chi connectivity index (χ0) is 21.3. The molecule has 2 aromatic rings. The number of dihydropyridines is 1. The standard InChI is InChI=1S/C24H23FN2O3/c1-14-21(24(29)27-16-12-10-15(25)11-13-16)22(17-6-3-4-9-20(17)30-2)23-18(26-14)7-5-8-19(23)28/h3-4,6,9-13,22,26H,5,7-8H2,1-2H3,(H,27,29)/t22-/m0/s1. The van der Waals surface area contributed by atoms with Gasteiger partial charge in [-0.15, -0.1) is 0 Å². The highest BCUT2D eigenvalue weighted by atomic mass is 19.1. The maximum atomic E-state index is 13.3. The van der Waals surface area contributed by atoms with E-state index in [4.69, 9.17) is 4.74 Å². The SMILES string of the molecule is COc1ccccc1[C@H]1C(C(=O)Nc2ccc(F)cc2)=C(C)NC2=C1C(=O)CCC2. The minimum absolute atomic E-state index is 0.0410. The predicted molar refractivity (Wildman–Crippen MR) is 112 cm³/mol. The summed E-state index contributed by atoms with van der Waals surface area (Å²) in [5, 5.41) is 6.13. The van der Waals surface area contributed by atoms with Gasteiger partial charge in [0.25, 0.3) is 5.91 Å². The number of hydrogen-bond acceptors (Lipinski definition) is 4. The molecular weight excluding hydrogens is 383 g/mol. The molecule has 2 aromatic carbocycles. The van der Waals surface area contributed by atoms with Crippen molar-refractivity contribution in [3.05, 3.63) is 82.5 Å². The number of benzene rings is 2. The predicted octanol–water partition coefficient (Wildman–Crippen LogP) is 4.44. The first kappa shape index (κ1) is 19.9. The highest BCUT2D eigenvalue weighted by Crippen LogP contribution is 2.45. The fraction of sp³-hybridized carbons (Fsp3) is 0.250. The molecule has 0 radical (unpaired) electrons. The fourth-order valence-electron chi connectivity index (χ4n) is 4.23. The lowest BCUT2D eigenvalue weighted by Gasteiger charge is -2.35. The number of carbonyl (C=O) groups excluding carboxylic acids is 2. The van der Waals surface area contributed by atoms with E-state index in [9.17, 15) is 14.0 Å². The summed E-state index contributed by atoms with van der Waals surface area (Å²) < 4.78 is 18.8. The van der Waals surface area contributed by atoms with E-state index in [-0.39, 0.29) is 17.5 Å². The van der Waals surface area contributed by atoms with Crippen LogP contribution in [0.1, 0.15) is 37.7 Å². The average Bonchev–Trinajstić information content (AvgIpc) is 2.74. The van der Waals surface area contributed by atoms with Crippen molar-refractivity contribution in [1.82, 2.24) is 5.32 Å². The first-order chi connectivity index (χ1) is 14.5. The molecule has 0 bridgehead atoms. The summed E-state index contributed by atoms with van der Waals surface area (Å²) in [5.41, 5.74) is 3.90. The van der Waals surface area contributed by atoms with Crippen molar-refractivity contribution < 1.29 is 18.7 Å². The van der Waals surface area contributed by atoms with Gasteiger partial charge in [-0.25, -0.2) is 4.39 Å². The Bertz CT molecular complexity index is 1070. The largest absolute Gasteiger partial charge is 0.496 e. The van der Waals surface area contributed by atoms with E-state index in [1.165, 1.54) is 24.3 Å². The molecule has 30 heavy (non-hydrogen) atoms. The maximum Gasteiger partial charge on any atom is 0.254 e. The Labute approximate surface area is 174 Å². The van der Waals surface area contributed by atoms with E-state index < -0.39 is 5.92 Å². The summed E-state index contributed by atoms with van der Waals surface area (Å²) in [6, 6.07) is 13.0. The van der Waals surface area contributed by atoms with Gasteiger partial charge in [-0.1, -0.05) is 18.2 Å². The molecule has 2 N–H and O–H groups in total. The van der Waals surface area contributed by atoms with Gasteiger partial charge in [0.05, 0.1) is 13.0 Å². The maximum absolute atomic E-state index is 13.3. The zero-order valence-corrected chi connectivity index (χ0v) is 16.9. The highest BCUT2D eigenvalue weighted by molar-refractivity contribution is 6.09. The topological polar surface area (TPSA) is 67.4 Å². The Kier molecular flexibility index (Phi) is 5.40. The quantitative estimate of drug-likeness (QED) is 0.788. The third kappa shape index (κ3) is 3.61. The summed E-state index contributed by atoms with van der Waals surface area (Å²) in [6.07, 6.45) is 2.00. The van der Waals surface area contributed by atoms with Crippen LogP contribution in [0.15, 0.2) is 71.1 Å². The molecule has 2 aliphatic rings. The van der Waals surface area contributed by atoms with Crippen LogP contribution in [0.4, 0.5) is 10.1 Å². The van der Waals surface area contributed by atoms with Gasteiger partial charge >= 0.3 is 0 Å². The number of Topliss-reactive ketones (excluding diaryl/α,β-unsaturated/α-hetero) is 1. The van der Waals surface area contributed by atoms with Gasteiger partial charge in [-0.05, 0) is 50.1 Å². The van der Waals surface area contributed by atoms with Gasteiger partial charge in [-0.2, -0.15) is 0 Å². The Morgan fingerprint density at radius 1 is 1.13 bits per heavy atom. The highest BCUT2D eigenvalue weighted by Gasteiger charge is 2.39. The third-order valence-electron chi connectivity index (χ3n) is 5.57. The number of carbonyl (C=O) groups is 2. The van der Waals surface area contributed by atoms with Crippen molar-refractivity contribution in [2.75, 3.05) is 12.4 Å². The van der Waals surface area contributed by atoms with Gasteiger partial charge in [-0.3, -0.25) is 9.59 Å². The minimum Gasteiger partial charge on any atom is -0.496 e. The van der Waals surface area contributed by atoms with Crippen LogP contribution < -0.4 is 15.4 Å². The number of ketones is 1. The van der Waals surface area contributed by atoms with Crippen LogP contribution in [0.2, 0.25) is 0 Å². The number of ether oxygens (including phenoxy) is 1. The Balaban J connectivity index is 1.81. The number of halogens is 1. The third-order valence-corrected chi connectivity index (χ3v) is 5.57. The van der Waals surface area contributed by atoms with Crippen molar-refractivity contribution in [2.24, 2.45) is 0 Å². The van der Waals surface area contributed by atoms with E-state index in [1.807, 2.05) is 31.2 Å². The molecule has 0 spiro atoms. The second-order valence-corrected chi connectivity index (χ2v) is 7.47. The second kappa shape index (κ2) is 8.14. The Hall–Kier alpha value is -3.41. The first-order valence-corrected chi connectivity index (χ1v) is 9.93. The van der Waals surface area contributed by atoms with Gasteiger partial charge in [0, 0.05) is 40.2 Å². The van der Waals surface area contributed by atoms with Crippen molar-refractivity contribution in [3.8, 4) is 5.75 Å². The van der Waals surface area contributed by atoms with Crippen LogP contribution in [0.5, 0.6) is 5.75 Å². The van der Waals surface area contributed by atoms with E-state index in [0.717, 1.165) is 24.1 Å². The van der Waals surface area contributed by atoms with Crippen molar-refractivity contribution in [1.29, 1.82) is 0 Å². The van der Waals surface area contributed by atoms with E-state index in [2.05, 4.69) is 10.6 Å². The number of para-hydroxylation sites is 1. The van der Waals surface area contributed by atoms with Gasteiger partial charge in [0.1, 0.15) is 11.6 Å². The monoisotopic (exact) mass is 406 g/mol. The molecule has 0 fully saturated rings. The molecule has 0 saturated heterocycles. The summed E-state index contributed by atoms with van der Waals surface area (Å²) in [4.78, 5) is 26.3.